The van der Waals surface area contributed by atoms with Gasteiger partial charge in [-0.25, -0.2) is 0 Å². The second-order valence-electron chi connectivity index (χ2n) is 13.2. The summed E-state index contributed by atoms with van der Waals surface area (Å²) in [4.78, 5) is 65.3. The van der Waals surface area contributed by atoms with Crippen molar-refractivity contribution in [3.63, 3.8) is 0 Å². The highest BCUT2D eigenvalue weighted by molar-refractivity contribution is 8.00. The molecule has 0 radical (unpaired) electrons. The van der Waals surface area contributed by atoms with E-state index in [-0.39, 0.29) is 43.4 Å². The summed E-state index contributed by atoms with van der Waals surface area (Å²) in [5.41, 5.74) is 1.85. The molecule has 0 N–H and O–H groups in total. The number of ketones is 3. The first-order valence-corrected chi connectivity index (χ1v) is 20.4. The lowest BCUT2D eigenvalue weighted by molar-refractivity contribution is -0.152. The summed E-state index contributed by atoms with van der Waals surface area (Å²) < 4.78 is 16.7. The molecule has 0 saturated heterocycles. The van der Waals surface area contributed by atoms with E-state index in [1.54, 1.807) is 62.4 Å². The lowest BCUT2D eigenvalue weighted by atomic mass is 9.96. The van der Waals surface area contributed by atoms with E-state index < -0.39 is 28.0 Å². The van der Waals surface area contributed by atoms with Crippen LogP contribution in [-0.2, 0) is 19.1 Å². The molecule has 0 saturated carbocycles. The van der Waals surface area contributed by atoms with Crippen molar-refractivity contribution in [3.05, 3.63) is 173 Å². The average molecular weight is 789 g/mol. The monoisotopic (exact) mass is 788 g/mol. The fourth-order valence-electron chi connectivity index (χ4n) is 5.75. The van der Waals surface area contributed by atoms with Gasteiger partial charge in [0.15, 0.2) is 17.2 Å². The summed E-state index contributed by atoms with van der Waals surface area (Å²) in [7, 11) is 0. The Morgan fingerprint density at radius 2 is 0.946 bits per heavy atom. The van der Waals surface area contributed by atoms with E-state index in [1.807, 2.05) is 97.1 Å². The number of hydrogen-bond acceptors (Lipinski definition) is 10. The number of carbonyl (C=O) groups is 5. The number of rotatable bonds is 21. The Bertz CT molecular complexity index is 2040. The Hall–Kier alpha value is -5.45. The number of carbonyl (C=O) groups excluding carboxylic acids is 5. The third-order valence-electron chi connectivity index (χ3n) is 8.63. The van der Waals surface area contributed by atoms with Gasteiger partial charge in [-0.3, -0.25) is 24.0 Å². The van der Waals surface area contributed by atoms with E-state index in [1.165, 1.54) is 23.5 Å². The Morgan fingerprint density at radius 3 is 1.41 bits per heavy atom. The molecule has 5 aromatic rings. The zero-order chi connectivity index (χ0) is 39.8. The van der Waals surface area contributed by atoms with Crippen LogP contribution in [0.15, 0.2) is 146 Å². The fraction of sp³-hybridized carbons (Fsp3) is 0.239. The van der Waals surface area contributed by atoms with Crippen LogP contribution in [0.4, 0.5) is 0 Å². The number of esters is 2. The minimum Gasteiger partial charge on any atom is -0.490 e. The number of Topliss-reactive ketones (excluding diaryl/α,β-unsaturated/α-hetero) is 3. The predicted molar refractivity (Wildman–Crippen MR) is 221 cm³/mol. The van der Waals surface area contributed by atoms with Crippen molar-refractivity contribution in [1.82, 2.24) is 0 Å². The van der Waals surface area contributed by atoms with E-state index in [4.69, 9.17) is 14.2 Å². The Balaban J connectivity index is 1.03. The topological polar surface area (TPSA) is 113 Å². The molecule has 0 aromatic heterocycles. The van der Waals surface area contributed by atoms with Crippen LogP contribution in [-0.4, -0.2) is 59.6 Å². The zero-order valence-electron chi connectivity index (χ0n) is 31.3. The molecule has 0 heterocycles. The molecule has 0 aliphatic rings. The molecule has 0 amide bonds. The normalized spacial score (nSPS) is 12.2. The van der Waals surface area contributed by atoms with Gasteiger partial charge in [-0.2, -0.15) is 0 Å². The van der Waals surface area contributed by atoms with Crippen molar-refractivity contribution in [2.24, 2.45) is 0 Å². The maximum Gasteiger partial charge on any atom is 0.307 e. The maximum atomic E-state index is 13.3. The molecular formula is C46H44O8S2. The van der Waals surface area contributed by atoms with Crippen LogP contribution in [0, 0.1) is 0 Å². The molecule has 2 unspecified atom stereocenters. The van der Waals surface area contributed by atoms with Crippen molar-refractivity contribution < 1.29 is 38.2 Å². The van der Waals surface area contributed by atoms with Crippen molar-refractivity contribution in [1.29, 1.82) is 0 Å². The maximum absolute atomic E-state index is 13.3. The molecule has 10 heteroatoms. The smallest absolute Gasteiger partial charge is 0.307 e. The second-order valence-corrected chi connectivity index (χ2v) is 15.6. The van der Waals surface area contributed by atoms with Gasteiger partial charge in [-0.1, -0.05) is 121 Å². The molecule has 0 fully saturated rings. The van der Waals surface area contributed by atoms with Crippen LogP contribution >= 0.6 is 23.5 Å². The highest BCUT2D eigenvalue weighted by atomic mass is 32.2. The van der Waals surface area contributed by atoms with Gasteiger partial charge in [0.25, 0.3) is 0 Å². The number of hydrogen-bond donors (Lipinski definition) is 0. The fourth-order valence-corrected chi connectivity index (χ4v) is 8.06. The van der Waals surface area contributed by atoms with E-state index in [2.05, 4.69) is 0 Å². The van der Waals surface area contributed by atoms with E-state index >= 15 is 0 Å². The molecule has 2 atom stereocenters. The number of benzene rings is 5. The lowest BCUT2D eigenvalue weighted by Gasteiger charge is -2.24. The van der Waals surface area contributed by atoms with Crippen LogP contribution in [0.2, 0.25) is 0 Å². The average Bonchev–Trinajstić information content (AvgIpc) is 3.23. The first kappa shape index (κ1) is 41.7. The van der Waals surface area contributed by atoms with Crippen molar-refractivity contribution in [3.8, 4) is 5.75 Å². The first-order chi connectivity index (χ1) is 27.1. The van der Waals surface area contributed by atoms with Crippen LogP contribution < -0.4 is 4.74 Å². The van der Waals surface area contributed by atoms with Gasteiger partial charge in [-0.05, 0) is 49.2 Å². The summed E-state index contributed by atoms with van der Waals surface area (Å²) >= 11 is 2.77. The molecule has 0 aliphatic carbocycles. The zero-order valence-corrected chi connectivity index (χ0v) is 33.0. The second kappa shape index (κ2) is 21.0. The van der Waals surface area contributed by atoms with Crippen molar-refractivity contribution >= 4 is 52.8 Å². The van der Waals surface area contributed by atoms with Gasteiger partial charge in [0.05, 0.1) is 23.3 Å². The Kier molecular flexibility index (Phi) is 15.7. The summed E-state index contributed by atoms with van der Waals surface area (Å²) in [6.45, 7) is 3.23. The molecule has 56 heavy (non-hydrogen) atoms. The van der Waals surface area contributed by atoms with Gasteiger partial charge in [-0.15, -0.1) is 23.5 Å². The van der Waals surface area contributed by atoms with Gasteiger partial charge in [0, 0.05) is 28.2 Å². The third-order valence-corrected chi connectivity index (χ3v) is 11.1. The Morgan fingerprint density at radius 1 is 0.518 bits per heavy atom. The minimum atomic E-state index is -1.43. The van der Waals surface area contributed by atoms with Crippen LogP contribution in [0.25, 0.3) is 0 Å². The molecule has 0 spiro atoms. The van der Waals surface area contributed by atoms with Crippen LogP contribution in [0.5, 0.6) is 5.75 Å². The summed E-state index contributed by atoms with van der Waals surface area (Å²) in [5.74, 6) is -0.169. The molecule has 5 rings (SSSR count). The molecule has 0 bridgehead atoms. The van der Waals surface area contributed by atoms with Crippen molar-refractivity contribution in [2.45, 2.75) is 42.8 Å². The Labute approximate surface area is 336 Å². The highest BCUT2D eigenvalue weighted by Gasteiger charge is 2.33. The number of ether oxygens (including phenoxy) is 3. The standard InChI is InChI=1S/C46H44O8S2/c1-46(2,54-40(48)28-32-56-44(36-21-13-6-14-22-36)42(50)34-17-9-4-10-18-34)45(51)37-23-25-38(26-24-37)52-29-30-53-39(47)27-31-55-43(35-19-11-5-12-20-35)41(49)33-15-7-3-8-16-33/h3-26,43-44H,27-32H2,1-2H3. The molecule has 288 valence electrons. The third kappa shape index (κ3) is 12.3. The highest BCUT2D eigenvalue weighted by Crippen LogP contribution is 2.34. The van der Waals surface area contributed by atoms with Gasteiger partial charge >= 0.3 is 11.9 Å². The lowest BCUT2D eigenvalue weighted by Crippen LogP contribution is -2.37. The SMILES string of the molecule is CC(C)(OC(=O)CCSC(C(=O)c1ccccc1)c1ccccc1)C(=O)c1ccc(OCCOC(=O)CCSC(C(=O)c2ccccc2)c2ccccc2)cc1. The first-order valence-electron chi connectivity index (χ1n) is 18.3. The summed E-state index contributed by atoms with van der Waals surface area (Å²) in [6.07, 6.45) is 0.152. The summed E-state index contributed by atoms with van der Waals surface area (Å²) in [6, 6.07) is 43.5. The summed E-state index contributed by atoms with van der Waals surface area (Å²) in [5, 5.41) is -0.933. The van der Waals surface area contributed by atoms with E-state index in [0.717, 1.165) is 11.1 Å². The van der Waals surface area contributed by atoms with Crippen LogP contribution in [0.3, 0.4) is 0 Å². The predicted octanol–water partition coefficient (Wildman–Crippen LogP) is 9.61. The minimum absolute atomic E-state index is 0.0159. The molecule has 5 aromatic carbocycles. The van der Waals surface area contributed by atoms with Crippen LogP contribution in [0.1, 0.15) is 79.4 Å². The van der Waals surface area contributed by atoms with E-state index in [0.29, 0.717) is 33.9 Å². The molecule has 0 aliphatic heterocycles. The molecular weight excluding hydrogens is 745 g/mol. The molecule has 8 nitrogen and oxygen atoms in total. The largest absolute Gasteiger partial charge is 0.490 e. The van der Waals surface area contributed by atoms with Crippen molar-refractivity contribution in [2.75, 3.05) is 24.7 Å². The van der Waals surface area contributed by atoms with E-state index in [9.17, 15) is 24.0 Å². The van der Waals surface area contributed by atoms with Gasteiger partial charge < -0.3 is 14.2 Å². The number of thioether (sulfide) groups is 2. The van der Waals surface area contributed by atoms with Gasteiger partial charge in [0.1, 0.15) is 19.0 Å². The van der Waals surface area contributed by atoms with Gasteiger partial charge in [0.2, 0.25) is 5.78 Å². The quantitative estimate of drug-likeness (QED) is 0.0405.